The van der Waals surface area contributed by atoms with Crippen LogP contribution in [0.25, 0.3) is 0 Å². The molecule has 1 N–H and O–H groups in total. The Labute approximate surface area is 93.6 Å². The number of halogens is 4. The monoisotopic (exact) mass is 252 g/mol. The molecular weight excluding hydrogens is 244 g/mol. The van der Waals surface area contributed by atoms with E-state index >= 15 is 0 Å². The second-order valence-electron chi connectivity index (χ2n) is 3.23. The lowest BCUT2D eigenvalue weighted by Gasteiger charge is -2.13. The maximum Gasteiger partial charge on any atom is 0.416 e. The maximum atomic E-state index is 12.9. The van der Waals surface area contributed by atoms with Crippen LogP contribution in [0.15, 0.2) is 18.2 Å². The Morgan fingerprint density at radius 3 is 2.41 bits per heavy atom. The first-order valence-corrected chi connectivity index (χ1v) is 4.43. The lowest BCUT2D eigenvalue weighted by Crippen LogP contribution is -2.11. The molecule has 0 bridgehead atoms. The van der Waals surface area contributed by atoms with E-state index in [9.17, 15) is 27.5 Å². The molecular formula is C10H8F4O3. The molecule has 7 heteroatoms. The molecule has 0 aromatic heterocycles. The van der Waals surface area contributed by atoms with Crippen molar-refractivity contribution >= 4 is 5.97 Å². The Bertz CT molecular complexity index is 428. The van der Waals surface area contributed by atoms with Gasteiger partial charge < -0.3 is 9.84 Å². The molecule has 1 aromatic carbocycles. The highest BCUT2D eigenvalue weighted by Crippen LogP contribution is 2.31. The third-order valence-electron chi connectivity index (χ3n) is 1.81. The number of aliphatic hydroxyl groups excluding tert-OH is 1. The minimum atomic E-state index is -4.74. The van der Waals surface area contributed by atoms with E-state index < -0.39 is 35.4 Å². The van der Waals surface area contributed by atoms with Crippen molar-refractivity contribution < 1.29 is 32.2 Å². The third-order valence-corrected chi connectivity index (χ3v) is 1.81. The molecule has 17 heavy (non-hydrogen) atoms. The summed E-state index contributed by atoms with van der Waals surface area (Å²) in [5.74, 6) is -2.07. The van der Waals surface area contributed by atoms with Gasteiger partial charge in [-0.1, -0.05) is 0 Å². The first-order valence-electron chi connectivity index (χ1n) is 4.43. The normalized spacial score (nSPS) is 13.3. The van der Waals surface area contributed by atoms with Crippen LogP contribution in [0.3, 0.4) is 0 Å². The number of esters is 1. The molecule has 0 saturated heterocycles. The van der Waals surface area contributed by atoms with Gasteiger partial charge in [-0.25, -0.2) is 4.39 Å². The fourth-order valence-electron chi connectivity index (χ4n) is 1.14. The number of ether oxygens (including phenoxy) is 1. The fourth-order valence-corrected chi connectivity index (χ4v) is 1.14. The highest BCUT2D eigenvalue weighted by molar-refractivity contribution is 5.66. The molecule has 0 aliphatic rings. The van der Waals surface area contributed by atoms with Gasteiger partial charge in [0.25, 0.3) is 0 Å². The predicted octanol–water partition coefficient (Wildman–Crippen LogP) is 2.40. The van der Waals surface area contributed by atoms with E-state index in [4.69, 9.17) is 0 Å². The van der Waals surface area contributed by atoms with Crippen LogP contribution in [0.2, 0.25) is 0 Å². The molecule has 1 aromatic rings. The van der Waals surface area contributed by atoms with Crippen LogP contribution in [0, 0.1) is 5.82 Å². The van der Waals surface area contributed by atoms with Gasteiger partial charge in [0.1, 0.15) is 5.82 Å². The zero-order chi connectivity index (χ0) is 13.2. The standard InChI is InChI=1S/C10H8F4O3/c1-5(15)17-9(16)6-2-7(10(12,13)14)4-8(11)3-6/h2-4,9,16H,1H3. The quantitative estimate of drug-likeness (QED) is 0.499. The van der Waals surface area contributed by atoms with Crippen LogP contribution in [0.1, 0.15) is 24.3 Å². The number of hydrogen-bond donors (Lipinski definition) is 1. The van der Waals surface area contributed by atoms with E-state index in [0.29, 0.717) is 12.1 Å². The summed E-state index contributed by atoms with van der Waals surface area (Å²) in [6, 6.07) is 1.45. The minimum absolute atomic E-state index is 0.282. The van der Waals surface area contributed by atoms with Crippen LogP contribution in [0.4, 0.5) is 17.6 Å². The molecule has 0 heterocycles. The van der Waals surface area contributed by atoms with Crippen molar-refractivity contribution in [3.8, 4) is 0 Å². The molecule has 1 atom stereocenters. The van der Waals surface area contributed by atoms with Gasteiger partial charge in [-0.2, -0.15) is 13.2 Å². The van der Waals surface area contributed by atoms with Crippen molar-refractivity contribution in [2.45, 2.75) is 19.4 Å². The fraction of sp³-hybridized carbons (Fsp3) is 0.300. The first kappa shape index (κ1) is 13.4. The number of carbonyl (C=O) groups excluding carboxylic acids is 1. The smallest absolute Gasteiger partial charge is 0.416 e. The first-order chi connectivity index (χ1) is 7.70. The van der Waals surface area contributed by atoms with Crippen LogP contribution in [0.5, 0.6) is 0 Å². The Morgan fingerprint density at radius 1 is 1.35 bits per heavy atom. The summed E-state index contributed by atoms with van der Waals surface area (Å²) in [5, 5.41) is 9.23. The van der Waals surface area contributed by atoms with Crippen molar-refractivity contribution in [1.29, 1.82) is 0 Å². The molecule has 0 fully saturated rings. The van der Waals surface area contributed by atoms with Gasteiger partial charge in [0.2, 0.25) is 6.29 Å². The highest BCUT2D eigenvalue weighted by atomic mass is 19.4. The Hall–Kier alpha value is -1.63. The van der Waals surface area contributed by atoms with Crippen molar-refractivity contribution in [3.63, 3.8) is 0 Å². The SMILES string of the molecule is CC(=O)OC(O)c1cc(F)cc(C(F)(F)F)c1. The summed E-state index contributed by atoms with van der Waals surface area (Å²) in [5.41, 5.74) is -1.74. The number of hydrogen-bond acceptors (Lipinski definition) is 3. The summed E-state index contributed by atoms with van der Waals surface area (Å²) in [6.07, 6.45) is -6.67. The van der Waals surface area contributed by atoms with E-state index in [1.165, 1.54) is 0 Å². The topological polar surface area (TPSA) is 46.5 Å². The van der Waals surface area contributed by atoms with Gasteiger partial charge in [0, 0.05) is 12.5 Å². The zero-order valence-electron chi connectivity index (χ0n) is 8.58. The molecule has 94 valence electrons. The summed E-state index contributed by atoms with van der Waals surface area (Å²) in [7, 11) is 0. The van der Waals surface area contributed by atoms with Crippen molar-refractivity contribution in [2.24, 2.45) is 0 Å². The molecule has 1 unspecified atom stereocenters. The average Bonchev–Trinajstić information content (AvgIpc) is 2.14. The molecule has 0 radical (unpaired) electrons. The van der Waals surface area contributed by atoms with Gasteiger partial charge in [-0.15, -0.1) is 0 Å². The molecule has 0 saturated carbocycles. The molecule has 0 amide bonds. The van der Waals surface area contributed by atoms with Crippen LogP contribution >= 0.6 is 0 Å². The van der Waals surface area contributed by atoms with E-state index in [0.717, 1.165) is 6.92 Å². The minimum Gasteiger partial charge on any atom is -0.432 e. The average molecular weight is 252 g/mol. The molecule has 0 aliphatic carbocycles. The Morgan fingerprint density at radius 2 is 1.94 bits per heavy atom. The number of rotatable bonds is 2. The van der Waals surface area contributed by atoms with Gasteiger partial charge >= 0.3 is 12.1 Å². The van der Waals surface area contributed by atoms with Crippen molar-refractivity contribution in [2.75, 3.05) is 0 Å². The van der Waals surface area contributed by atoms with E-state index in [2.05, 4.69) is 4.74 Å². The number of alkyl halides is 3. The lowest BCUT2D eigenvalue weighted by molar-refractivity contribution is -0.166. The molecule has 0 aliphatic heterocycles. The summed E-state index contributed by atoms with van der Waals surface area (Å²) in [4.78, 5) is 10.5. The lowest BCUT2D eigenvalue weighted by atomic mass is 10.1. The third kappa shape index (κ3) is 3.70. The Balaban J connectivity index is 3.09. The number of aliphatic hydroxyl groups is 1. The van der Waals surface area contributed by atoms with Gasteiger partial charge in [0.05, 0.1) is 5.56 Å². The number of carbonyl (C=O) groups is 1. The van der Waals surface area contributed by atoms with Crippen LogP contribution < -0.4 is 0 Å². The van der Waals surface area contributed by atoms with Crippen LogP contribution in [-0.4, -0.2) is 11.1 Å². The maximum absolute atomic E-state index is 12.9. The largest absolute Gasteiger partial charge is 0.432 e. The Kier molecular flexibility index (Phi) is 3.72. The van der Waals surface area contributed by atoms with Gasteiger partial charge in [0.15, 0.2) is 0 Å². The second kappa shape index (κ2) is 4.70. The summed E-state index contributed by atoms with van der Waals surface area (Å²) in [6.45, 7) is 0.965. The highest BCUT2D eigenvalue weighted by Gasteiger charge is 2.32. The van der Waals surface area contributed by atoms with Gasteiger partial charge in [-0.05, 0) is 18.2 Å². The van der Waals surface area contributed by atoms with Crippen molar-refractivity contribution in [1.82, 2.24) is 0 Å². The van der Waals surface area contributed by atoms with E-state index in [1.807, 2.05) is 0 Å². The van der Waals surface area contributed by atoms with E-state index in [-0.39, 0.29) is 6.07 Å². The van der Waals surface area contributed by atoms with Gasteiger partial charge in [-0.3, -0.25) is 4.79 Å². The van der Waals surface area contributed by atoms with Crippen molar-refractivity contribution in [3.05, 3.63) is 35.1 Å². The number of benzene rings is 1. The molecule has 3 nitrogen and oxygen atoms in total. The summed E-state index contributed by atoms with van der Waals surface area (Å²) < 4.78 is 54.1. The molecule has 1 rings (SSSR count). The summed E-state index contributed by atoms with van der Waals surface area (Å²) >= 11 is 0. The molecule has 0 spiro atoms. The zero-order valence-corrected chi connectivity index (χ0v) is 8.58. The van der Waals surface area contributed by atoms with Crippen LogP contribution in [-0.2, 0) is 15.7 Å². The predicted molar refractivity (Wildman–Crippen MR) is 48.1 cm³/mol. The van der Waals surface area contributed by atoms with E-state index in [1.54, 1.807) is 0 Å². The second-order valence-corrected chi connectivity index (χ2v) is 3.23.